The maximum absolute atomic E-state index is 12.3. The van der Waals surface area contributed by atoms with E-state index in [-0.39, 0.29) is 5.91 Å². The molecule has 0 saturated heterocycles. The van der Waals surface area contributed by atoms with Crippen LogP contribution in [0.3, 0.4) is 0 Å². The fraction of sp³-hybridized carbons (Fsp3) is 0.0556. The molecule has 2 aromatic heterocycles. The first-order chi connectivity index (χ1) is 11.7. The zero-order valence-corrected chi connectivity index (χ0v) is 13.6. The van der Waals surface area contributed by atoms with Crippen LogP contribution >= 0.6 is 11.6 Å². The predicted octanol–water partition coefficient (Wildman–Crippen LogP) is 4.06. The summed E-state index contributed by atoms with van der Waals surface area (Å²) in [6, 6.07) is 14.1. The fourth-order valence-corrected chi connectivity index (χ4v) is 2.32. The van der Waals surface area contributed by atoms with Crippen molar-refractivity contribution < 1.29 is 9.53 Å². The van der Waals surface area contributed by atoms with Crippen LogP contribution in [0.15, 0.2) is 60.9 Å². The molecular formula is C18H14ClN3O2. The molecule has 0 radical (unpaired) electrons. The molecule has 0 aliphatic heterocycles. The molecule has 1 N–H and O–H groups in total. The monoisotopic (exact) mass is 339 g/mol. The van der Waals surface area contributed by atoms with Gasteiger partial charge in [-0.25, -0.2) is 4.98 Å². The van der Waals surface area contributed by atoms with E-state index >= 15 is 0 Å². The molecule has 1 aromatic carbocycles. The van der Waals surface area contributed by atoms with E-state index in [2.05, 4.69) is 15.3 Å². The Bertz CT molecular complexity index is 849. The zero-order chi connectivity index (χ0) is 16.9. The standard InChI is InChI=1S/C18H14ClN3O2/c1-24-15-3-2-10-20-17(15)12-4-6-13(7-5-12)18(23)22-14-8-9-16(19)21-11-14/h2-11H,1H3,(H,22,23). The van der Waals surface area contributed by atoms with Crippen LogP contribution in [0, 0.1) is 0 Å². The Morgan fingerprint density at radius 2 is 1.88 bits per heavy atom. The number of anilines is 1. The molecule has 3 aromatic rings. The van der Waals surface area contributed by atoms with Crippen molar-refractivity contribution in [2.45, 2.75) is 0 Å². The van der Waals surface area contributed by atoms with Crippen molar-refractivity contribution in [1.82, 2.24) is 9.97 Å². The smallest absolute Gasteiger partial charge is 0.255 e. The number of benzene rings is 1. The van der Waals surface area contributed by atoms with E-state index in [1.165, 1.54) is 6.20 Å². The number of hydrogen-bond acceptors (Lipinski definition) is 4. The molecule has 120 valence electrons. The SMILES string of the molecule is COc1cccnc1-c1ccc(C(=O)Nc2ccc(Cl)nc2)cc1. The lowest BCUT2D eigenvalue weighted by Crippen LogP contribution is -2.11. The molecule has 2 heterocycles. The van der Waals surface area contributed by atoms with Gasteiger partial charge in [-0.1, -0.05) is 23.7 Å². The number of pyridine rings is 2. The van der Waals surface area contributed by atoms with Crippen LogP contribution in [-0.2, 0) is 0 Å². The lowest BCUT2D eigenvalue weighted by molar-refractivity contribution is 0.102. The van der Waals surface area contributed by atoms with Gasteiger partial charge in [0.1, 0.15) is 16.6 Å². The summed E-state index contributed by atoms with van der Waals surface area (Å²) in [6.45, 7) is 0. The minimum Gasteiger partial charge on any atom is -0.494 e. The van der Waals surface area contributed by atoms with E-state index < -0.39 is 0 Å². The maximum Gasteiger partial charge on any atom is 0.255 e. The molecule has 24 heavy (non-hydrogen) atoms. The summed E-state index contributed by atoms with van der Waals surface area (Å²) in [5.74, 6) is 0.459. The quantitative estimate of drug-likeness (QED) is 0.728. The Morgan fingerprint density at radius 1 is 1.08 bits per heavy atom. The Labute approximate surface area is 144 Å². The number of methoxy groups -OCH3 is 1. The number of halogens is 1. The summed E-state index contributed by atoms with van der Waals surface area (Å²) in [5, 5.41) is 3.14. The Kier molecular flexibility index (Phi) is 4.72. The number of nitrogens with zero attached hydrogens (tertiary/aromatic N) is 2. The summed E-state index contributed by atoms with van der Waals surface area (Å²) in [4.78, 5) is 20.5. The van der Waals surface area contributed by atoms with E-state index in [9.17, 15) is 4.79 Å². The second-order valence-corrected chi connectivity index (χ2v) is 5.34. The van der Waals surface area contributed by atoms with Gasteiger partial charge in [-0.15, -0.1) is 0 Å². The number of rotatable bonds is 4. The van der Waals surface area contributed by atoms with Gasteiger partial charge < -0.3 is 10.1 Å². The van der Waals surface area contributed by atoms with Crippen molar-refractivity contribution in [3.05, 3.63) is 71.6 Å². The van der Waals surface area contributed by atoms with E-state index in [4.69, 9.17) is 16.3 Å². The highest BCUT2D eigenvalue weighted by atomic mass is 35.5. The number of aromatic nitrogens is 2. The van der Waals surface area contributed by atoms with Crippen molar-refractivity contribution in [2.24, 2.45) is 0 Å². The zero-order valence-electron chi connectivity index (χ0n) is 12.9. The molecule has 0 spiro atoms. The van der Waals surface area contributed by atoms with Crippen LogP contribution in [0.1, 0.15) is 10.4 Å². The van der Waals surface area contributed by atoms with Gasteiger partial charge in [-0.2, -0.15) is 0 Å². The molecule has 0 saturated carbocycles. The highest BCUT2D eigenvalue weighted by molar-refractivity contribution is 6.29. The molecule has 5 nitrogen and oxygen atoms in total. The Balaban J connectivity index is 1.79. The molecule has 6 heteroatoms. The predicted molar refractivity (Wildman–Crippen MR) is 93.4 cm³/mol. The van der Waals surface area contributed by atoms with Gasteiger partial charge >= 0.3 is 0 Å². The number of nitrogens with one attached hydrogen (secondary N) is 1. The van der Waals surface area contributed by atoms with Gasteiger partial charge in [0.2, 0.25) is 0 Å². The molecule has 1 amide bonds. The minimum absolute atomic E-state index is 0.223. The van der Waals surface area contributed by atoms with Gasteiger partial charge in [-0.05, 0) is 36.4 Å². The van der Waals surface area contributed by atoms with Crippen LogP contribution < -0.4 is 10.1 Å². The summed E-state index contributed by atoms with van der Waals surface area (Å²) < 4.78 is 5.31. The summed E-state index contributed by atoms with van der Waals surface area (Å²) >= 11 is 5.73. The van der Waals surface area contributed by atoms with E-state index in [0.29, 0.717) is 22.2 Å². The summed E-state index contributed by atoms with van der Waals surface area (Å²) in [5.41, 5.74) is 2.72. The second-order valence-electron chi connectivity index (χ2n) is 4.96. The normalized spacial score (nSPS) is 10.2. The average Bonchev–Trinajstić information content (AvgIpc) is 2.63. The Hall–Kier alpha value is -2.92. The lowest BCUT2D eigenvalue weighted by atomic mass is 10.1. The van der Waals surface area contributed by atoms with Gasteiger partial charge in [0, 0.05) is 17.3 Å². The maximum atomic E-state index is 12.3. The second kappa shape index (κ2) is 7.10. The van der Waals surface area contributed by atoms with E-state index in [1.807, 2.05) is 24.3 Å². The van der Waals surface area contributed by atoms with Gasteiger partial charge in [0.25, 0.3) is 5.91 Å². The molecule has 0 bridgehead atoms. The largest absolute Gasteiger partial charge is 0.494 e. The molecule has 0 aliphatic carbocycles. The third kappa shape index (κ3) is 3.52. The van der Waals surface area contributed by atoms with Crippen LogP contribution in [0.25, 0.3) is 11.3 Å². The van der Waals surface area contributed by atoms with Gasteiger partial charge in [-0.3, -0.25) is 9.78 Å². The van der Waals surface area contributed by atoms with E-state index in [1.54, 1.807) is 37.6 Å². The van der Waals surface area contributed by atoms with Crippen molar-refractivity contribution in [2.75, 3.05) is 12.4 Å². The molecule has 0 unspecified atom stereocenters. The topological polar surface area (TPSA) is 64.1 Å². The number of carbonyl (C=O) groups is 1. The summed E-state index contributed by atoms with van der Waals surface area (Å²) in [7, 11) is 1.60. The molecule has 0 fully saturated rings. The summed E-state index contributed by atoms with van der Waals surface area (Å²) in [6.07, 6.45) is 3.21. The lowest BCUT2D eigenvalue weighted by Gasteiger charge is -2.08. The molecule has 0 aliphatic rings. The van der Waals surface area contributed by atoms with Gasteiger partial charge in [0.05, 0.1) is 19.0 Å². The van der Waals surface area contributed by atoms with E-state index in [0.717, 1.165) is 11.3 Å². The van der Waals surface area contributed by atoms with Crippen molar-refractivity contribution >= 4 is 23.2 Å². The average molecular weight is 340 g/mol. The van der Waals surface area contributed by atoms with Crippen LogP contribution in [0.2, 0.25) is 5.15 Å². The first kappa shape index (κ1) is 16.0. The number of hydrogen-bond donors (Lipinski definition) is 1. The first-order valence-electron chi connectivity index (χ1n) is 7.20. The van der Waals surface area contributed by atoms with Crippen LogP contribution in [-0.4, -0.2) is 23.0 Å². The van der Waals surface area contributed by atoms with Crippen molar-refractivity contribution in [1.29, 1.82) is 0 Å². The highest BCUT2D eigenvalue weighted by Crippen LogP contribution is 2.27. The number of amides is 1. The molecule has 3 rings (SSSR count). The third-order valence-corrected chi connectivity index (χ3v) is 3.62. The first-order valence-corrected chi connectivity index (χ1v) is 7.57. The van der Waals surface area contributed by atoms with Crippen molar-refractivity contribution in [3.8, 4) is 17.0 Å². The third-order valence-electron chi connectivity index (χ3n) is 3.40. The number of ether oxygens (including phenoxy) is 1. The van der Waals surface area contributed by atoms with Crippen molar-refractivity contribution in [3.63, 3.8) is 0 Å². The molecule has 0 atom stereocenters. The van der Waals surface area contributed by atoms with Gasteiger partial charge in [0.15, 0.2) is 0 Å². The van der Waals surface area contributed by atoms with Crippen LogP contribution in [0.5, 0.6) is 5.75 Å². The molecular weight excluding hydrogens is 326 g/mol. The number of carbonyl (C=O) groups excluding carboxylic acids is 1. The fourth-order valence-electron chi connectivity index (χ4n) is 2.20. The Morgan fingerprint density at radius 3 is 2.54 bits per heavy atom. The minimum atomic E-state index is -0.223. The highest BCUT2D eigenvalue weighted by Gasteiger charge is 2.10. The van der Waals surface area contributed by atoms with Crippen LogP contribution in [0.4, 0.5) is 5.69 Å².